The number of halogens is 3. The topological polar surface area (TPSA) is 12.0 Å². The lowest BCUT2D eigenvalue weighted by atomic mass is 9.92. The molecule has 0 bridgehead atoms. The summed E-state index contributed by atoms with van der Waals surface area (Å²) in [6.07, 6.45) is -2.09. The molecule has 1 fully saturated rings. The van der Waals surface area contributed by atoms with E-state index < -0.39 is 11.7 Å². The Morgan fingerprint density at radius 2 is 1.83 bits per heavy atom. The minimum atomic E-state index is -4.29. The van der Waals surface area contributed by atoms with Gasteiger partial charge in [0.15, 0.2) is 0 Å². The van der Waals surface area contributed by atoms with Crippen LogP contribution < -0.4 is 5.32 Å². The van der Waals surface area contributed by atoms with Crippen LogP contribution in [0.2, 0.25) is 0 Å². The molecule has 0 aromatic heterocycles. The van der Waals surface area contributed by atoms with E-state index in [1.165, 1.54) is 12.1 Å². The molecule has 0 aliphatic heterocycles. The van der Waals surface area contributed by atoms with Crippen LogP contribution in [0.1, 0.15) is 32.3 Å². The van der Waals surface area contributed by atoms with E-state index in [9.17, 15) is 13.2 Å². The average molecular weight is 257 g/mol. The average Bonchev–Trinajstić information content (AvgIpc) is 3.06. The van der Waals surface area contributed by atoms with Gasteiger partial charge >= 0.3 is 6.18 Å². The van der Waals surface area contributed by atoms with Crippen molar-refractivity contribution in [1.29, 1.82) is 0 Å². The zero-order valence-corrected chi connectivity index (χ0v) is 10.6. The Labute approximate surface area is 105 Å². The molecule has 0 spiro atoms. The van der Waals surface area contributed by atoms with Crippen LogP contribution in [0.5, 0.6) is 0 Å². The minimum absolute atomic E-state index is 0.192. The van der Waals surface area contributed by atoms with Crippen LogP contribution in [0.3, 0.4) is 0 Å². The first-order chi connectivity index (χ1) is 8.35. The maximum Gasteiger partial charge on any atom is 0.418 e. The molecule has 100 valence electrons. The van der Waals surface area contributed by atoms with Gasteiger partial charge in [0.2, 0.25) is 0 Å². The molecule has 0 radical (unpaired) electrons. The second-order valence-corrected chi connectivity index (χ2v) is 5.41. The maximum absolute atomic E-state index is 12.8. The summed E-state index contributed by atoms with van der Waals surface area (Å²) >= 11 is 0. The van der Waals surface area contributed by atoms with Crippen LogP contribution >= 0.6 is 0 Å². The SMILES string of the molecule is CC(C)C1(CNc2ccccc2C(F)(F)F)CC1. The van der Waals surface area contributed by atoms with Crippen molar-refractivity contribution in [3.8, 4) is 0 Å². The van der Waals surface area contributed by atoms with Crippen LogP contribution in [0.25, 0.3) is 0 Å². The van der Waals surface area contributed by atoms with Crippen molar-refractivity contribution in [2.45, 2.75) is 32.9 Å². The zero-order chi connectivity index (χ0) is 13.4. The van der Waals surface area contributed by atoms with Crippen molar-refractivity contribution < 1.29 is 13.2 Å². The molecule has 2 rings (SSSR count). The second kappa shape index (κ2) is 4.48. The van der Waals surface area contributed by atoms with E-state index in [1.54, 1.807) is 6.07 Å². The molecule has 0 saturated heterocycles. The van der Waals surface area contributed by atoms with Gasteiger partial charge in [-0.3, -0.25) is 0 Å². The fraction of sp³-hybridized carbons (Fsp3) is 0.571. The predicted octanol–water partition coefficient (Wildman–Crippen LogP) is 4.55. The van der Waals surface area contributed by atoms with Crippen LogP contribution in [0.4, 0.5) is 18.9 Å². The number of rotatable bonds is 4. The lowest BCUT2D eigenvalue weighted by Gasteiger charge is -2.22. The molecule has 1 aromatic carbocycles. The first-order valence-electron chi connectivity index (χ1n) is 6.25. The number of alkyl halides is 3. The van der Waals surface area contributed by atoms with E-state index in [0.29, 0.717) is 12.5 Å². The summed E-state index contributed by atoms with van der Waals surface area (Å²) in [6, 6.07) is 5.67. The summed E-state index contributed by atoms with van der Waals surface area (Å²) in [6.45, 7) is 4.88. The van der Waals surface area contributed by atoms with Gasteiger partial charge in [-0.1, -0.05) is 26.0 Å². The number of hydrogen-bond donors (Lipinski definition) is 1. The van der Waals surface area contributed by atoms with Crippen molar-refractivity contribution in [3.05, 3.63) is 29.8 Å². The van der Waals surface area contributed by atoms with Crippen molar-refractivity contribution in [2.75, 3.05) is 11.9 Å². The third-order valence-corrected chi connectivity index (χ3v) is 3.98. The molecule has 0 heterocycles. The maximum atomic E-state index is 12.8. The molecule has 1 aliphatic carbocycles. The highest BCUT2D eigenvalue weighted by molar-refractivity contribution is 5.52. The van der Waals surface area contributed by atoms with Crippen molar-refractivity contribution in [2.24, 2.45) is 11.3 Å². The Bertz CT molecular complexity index is 419. The Balaban J connectivity index is 2.11. The molecule has 1 saturated carbocycles. The number of anilines is 1. The van der Waals surface area contributed by atoms with Crippen LogP contribution in [0, 0.1) is 11.3 Å². The first kappa shape index (κ1) is 13.2. The van der Waals surface area contributed by atoms with Crippen LogP contribution in [0.15, 0.2) is 24.3 Å². The molecule has 1 aromatic rings. The van der Waals surface area contributed by atoms with Gasteiger partial charge in [-0.25, -0.2) is 0 Å². The first-order valence-corrected chi connectivity index (χ1v) is 6.25. The summed E-state index contributed by atoms with van der Waals surface area (Å²) in [5.41, 5.74) is -0.194. The van der Waals surface area contributed by atoms with Crippen molar-refractivity contribution in [3.63, 3.8) is 0 Å². The molecule has 1 aliphatic rings. The molecule has 18 heavy (non-hydrogen) atoms. The van der Waals surface area contributed by atoms with E-state index in [1.807, 2.05) is 0 Å². The fourth-order valence-corrected chi connectivity index (χ4v) is 2.27. The highest BCUT2D eigenvalue weighted by Gasteiger charge is 2.45. The Morgan fingerprint density at radius 1 is 1.22 bits per heavy atom. The molecule has 0 amide bonds. The molecular formula is C14H18F3N. The number of para-hydroxylation sites is 1. The Kier molecular flexibility index (Phi) is 3.30. The summed E-state index contributed by atoms with van der Waals surface area (Å²) in [4.78, 5) is 0. The van der Waals surface area contributed by atoms with Crippen molar-refractivity contribution >= 4 is 5.69 Å². The smallest absolute Gasteiger partial charge is 0.384 e. The Morgan fingerprint density at radius 3 is 2.33 bits per heavy atom. The molecule has 1 N–H and O–H groups in total. The van der Waals surface area contributed by atoms with Gasteiger partial charge in [0.05, 0.1) is 5.56 Å². The number of benzene rings is 1. The quantitative estimate of drug-likeness (QED) is 0.834. The normalized spacial score (nSPS) is 17.9. The van der Waals surface area contributed by atoms with E-state index >= 15 is 0 Å². The van der Waals surface area contributed by atoms with Gasteiger partial charge < -0.3 is 5.32 Å². The summed E-state index contributed by atoms with van der Waals surface area (Å²) in [7, 11) is 0. The van der Waals surface area contributed by atoms with E-state index in [0.717, 1.165) is 18.9 Å². The monoisotopic (exact) mass is 257 g/mol. The highest BCUT2D eigenvalue weighted by Crippen LogP contribution is 2.52. The standard InChI is InChI=1S/C14H18F3N/c1-10(2)13(7-8-13)9-18-12-6-4-3-5-11(12)14(15,16)17/h3-6,10,18H,7-9H2,1-2H3. The number of nitrogens with one attached hydrogen (secondary N) is 1. The summed E-state index contributed by atoms with van der Waals surface area (Å²) in [5, 5.41) is 2.98. The molecule has 0 unspecified atom stereocenters. The fourth-order valence-electron chi connectivity index (χ4n) is 2.27. The van der Waals surface area contributed by atoms with Gasteiger partial charge in [-0.2, -0.15) is 13.2 Å². The molecule has 4 heteroatoms. The zero-order valence-electron chi connectivity index (χ0n) is 10.6. The van der Waals surface area contributed by atoms with E-state index in [-0.39, 0.29) is 11.1 Å². The lowest BCUT2D eigenvalue weighted by Crippen LogP contribution is -2.22. The van der Waals surface area contributed by atoms with Crippen molar-refractivity contribution in [1.82, 2.24) is 0 Å². The predicted molar refractivity (Wildman–Crippen MR) is 66.4 cm³/mol. The van der Waals surface area contributed by atoms with Gasteiger partial charge in [0.1, 0.15) is 0 Å². The van der Waals surface area contributed by atoms with E-state index in [2.05, 4.69) is 19.2 Å². The van der Waals surface area contributed by atoms with Gasteiger partial charge in [0, 0.05) is 12.2 Å². The lowest BCUT2D eigenvalue weighted by molar-refractivity contribution is -0.137. The van der Waals surface area contributed by atoms with Crippen LogP contribution in [-0.2, 0) is 6.18 Å². The second-order valence-electron chi connectivity index (χ2n) is 5.41. The third kappa shape index (κ3) is 2.62. The van der Waals surface area contributed by atoms with Crippen LogP contribution in [-0.4, -0.2) is 6.54 Å². The van der Waals surface area contributed by atoms with Gasteiger partial charge in [-0.05, 0) is 36.3 Å². The third-order valence-electron chi connectivity index (χ3n) is 3.98. The highest BCUT2D eigenvalue weighted by atomic mass is 19.4. The summed E-state index contributed by atoms with van der Waals surface area (Å²) in [5.74, 6) is 0.503. The molecular weight excluding hydrogens is 239 g/mol. The van der Waals surface area contributed by atoms with Gasteiger partial charge in [-0.15, -0.1) is 0 Å². The minimum Gasteiger partial charge on any atom is -0.384 e. The Hall–Kier alpha value is -1.19. The molecule has 1 nitrogen and oxygen atoms in total. The largest absolute Gasteiger partial charge is 0.418 e. The summed E-state index contributed by atoms with van der Waals surface area (Å²) < 4.78 is 38.4. The van der Waals surface area contributed by atoms with E-state index in [4.69, 9.17) is 0 Å². The van der Waals surface area contributed by atoms with Gasteiger partial charge in [0.25, 0.3) is 0 Å². The molecule has 0 atom stereocenters. The number of hydrogen-bond acceptors (Lipinski definition) is 1.